The molecule has 20 heavy (non-hydrogen) atoms. The van der Waals surface area contributed by atoms with E-state index < -0.39 is 5.97 Å². The molecule has 2 rings (SSSR count). The van der Waals surface area contributed by atoms with Crippen LogP contribution in [0.1, 0.15) is 42.6 Å². The zero-order valence-corrected chi connectivity index (χ0v) is 11.8. The van der Waals surface area contributed by atoms with Gasteiger partial charge in [0, 0.05) is 25.2 Å². The molecule has 0 aromatic carbocycles. The van der Waals surface area contributed by atoms with Crippen LogP contribution < -0.4 is 0 Å². The van der Waals surface area contributed by atoms with Crippen LogP contribution >= 0.6 is 11.6 Å². The highest BCUT2D eigenvalue weighted by Crippen LogP contribution is 2.23. The number of hydrogen-bond acceptors (Lipinski definition) is 3. The van der Waals surface area contributed by atoms with Crippen LogP contribution in [0.3, 0.4) is 0 Å². The van der Waals surface area contributed by atoms with E-state index in [2.05, 4.69) is 4.98 Å². The van der Waals surface area contributed by atoms with Crippen molar-refractivity contribution >= 4 is 23.5 Å². The molecule has 1 atom stereocenters. The van der Waals surface area contributed by atoms with Crippen LogP contribution in [0.2, 0.25) is 5.02 Å². The number of nitrogens with zero attached hydrogens (tertiary/aromatic N) is 2. The van der Waals surface area contributed by atoms with E-state index in [9.17, 15) is 9.59 Å². The molecule has 0 aliphatic carbocycles. The average molecular weight is 297 g/mol. The zero-order valence-electron chi connectivity index (χ0n) is 11.1. The SMILES string of the molecule is O=C(O)CC[C@H]1CCCCN1C(=O)c1ccc(Cl)cn1. The fourth-order valence-electron chi connectivity index (χ4n) is 2.51. The van der Waals surface area contributed by atoms with Gasteiger partial charge in [-0.15, -0.1) is 0 Å². The highest BCUT2D eigenvalue weighted by molar-refractivity contribution is 6.30. The van der Waals surface area contributed by atoms with E-state index in [0.29, 0.717) is 23.7 Å². The van der Waals surface area contributed by atoms with Crippen LogP contribution in [0.15, 0.2) is 18.3 Å². The van der Waals surface area contributed by atoms with Gasteiger partial charge in [-0.3, -0.25) is 9.59 Å². The fraction of sp³-hybridized carbons (Fsp3) is 0.500. The first-order chi connectivity index (χ1) is 9.58. The number of pyridine rings is 1. The lowest BCUT2D eigenvalue weighted by molar-refractivity contribution is -0.137. The summed E-state index contributed by atoms with van der Waals surface area (Å²) in [6.45, 7) is 0.660. The van der Waals surface area contributed by atoms with E-state index in [4.69, 9.17) is 16.7 Å². The third kappa shape index (κ3) is 3.70. The normalized spacial score (nSPS) is 18.9. The summed E-state index contributed by atoms with van der Waals surface area (Å²) in [4.78, 5) is 28.9. The monoisotopic (exact) mass is 296 g/mol. The Hall–Kier alpha value is -1.62. The van der Waals surface area contributed by atoms with E-state index in [1.807, 2.05) is 0 Å². The Kier molecular flexibility index (Phi) is 4.95. The Morgan fingerprint density at radius 2 is 2.20 bits per heavy atom. The number of carboxylic acid groups (broad SMARTS) is 1. The second kappa shape index (κ2) is 6.70. The second-order valence-corrected chi connectivity index (χ2v) is 5.38. The first-order valence-electron chi connectivity index (χ1n) is 6.72. The van der Waals surface area contributed by atoms with E-state index >= 15 is 0 Å². The molecule has 0 spiro atoms. The fourth-order valence-corrected chi connectivity index (χ4v) is 2.62. The van der Waals surface area contributed by atoms with Crippen molar-refractivity contribution in [2.45, 2.75) is 38.1 Å². The Labute approximate surface area is 122 Å². The van der Waals surface area contributed by atoms with Gasteiger partial charge in [0.25, 0.3) is 5.91 Å². The number of hydrogen-bond donors (Lipinski definition) is 1. The quantitative estimate of drug-likeness (QED) is 0.927. The second-order valence-electron chi connectivity index (χ2n) is 4.94. The first kappa shape index (κ1) is 14.8. The average Bonchev–Trinajstić information content (AvgIpc) is 2.45. The summed E-state index contributed by atoms with van der Waals surface area (Å²) < 4.78 is 0. The van der Waals surface area contributed by atoms with Gasteiger partial charge in [-0.25, -0.2) is 4.98 Å². The molecule has 1 aromatic heterocycles. The number of carboxylic acids is 1. The molecule has 1 amide bonds. The number of aliphatic carboxylic acids is 1. The number of halogens is 1. The summed E-state index contributed by atoms with van der Waals surface area (Å²) in [6, 6.07) is 3.23. The topological polar surface area (TPSA) is 70.5 Å². The van der Waals surface area contributed by atoms with Gasteiger partial charge >= 0.3 is 5.97 Å². The van der Waals surface area contributed by atoms with Gasteiger partial charge in [0.1, 0.15) is 5.69 Å². The number of aromatic nitrogens is 1. The van der Waals surface area contributed by atoms with Crippen molar-refractivity contribution in [2.75, 3.05) is 6.54 Å². The van der Waals surface area contributed by atoms with E-state index in [-0.39, 0.29) is 18.4 Å². The summed E-state index contributed by atoms with van der Waals surface area (Å²) in [5, 5.41) is 9.27. The van der Waals surface area contributed by atoms with Crippen molar-refractivity contribution < 1.29 is 14.7 Å². The third-order valence-electron chi connectivity index (χ3n) is 3.53. The number of carbonyl (C=O) groups is 2. The largest absolute Gasteiger partial charge is 0.481 e. The number of piperidine rings is 1. The van der Waals surface area contributed by atoms with Crippen molar-refractivity contribution in [3.63, 3.8) is 0 Å². The molecule has 1 aromatic rings. The van der Waals surface area contributed by atoms with Crippen molar-refractivity contribution in [3.05, 3.63) is 29.0 Å². The smallest absolute Gasteiger partial charge is 0.303 e. The van der Waals surface area contributed by atoms with Crippen molar-refractivity contribution in [2.24, 2.45) is 0 Å². The molecular weight excluding hydrogens is 280 g/mol. The van der Waals surface area contributed by atoms with Crippen LogP contribution in [-0.2, 0) is 4.79 Å². The Morgan fingerprint density at radius 1 is 1.40 bits per heavy atom. The van der Waals surface area contributed by atoms with Gasteiger partial charge in [-0.05, 0) is 37.8 Å². The Morgan fingerprint density at radius 3 is 2.85 bits per heavy atom. The molecule has 2 heterocycles. The lowest BCUT2D eigenvalue weighted by atomic mass is 9.97. The van der Waals surface area contributed by atoms with Gasteiger partial charge in [-0.1, -0.05) is 11.6 Å². The van der Waals surface area contributed by atoms with Crippen LogP contribution in [-0.4, -0.2) is 39.5 Å². The van der Waals surface area contributed by atoms with Crippen molar-refractivity contribution in [3.8, 4) is 0 Å². The molecule has 1 fully saturated rings. The van der Waals surface area contributed by atoms with E-state index in [1.54, 1.807) is 17.0 Å². The van der Waals surface area contributed by atoms with E-state index in [1.165, 1.54) is 6.20 Å². The minimum Gasteiger partial charge on any atom is -0.481 e. The molecule has 5 nitrogen and oxygen atoms in total. The third-order valence-corrected chi connectivity index (χ3v) is 3.75. The maximum absolute atomic E-state index is 12.4. The molecule has 1 aliphatic heterocycles. The summed E-state index contributed by atoms with van der Waals surface area (Å²) in [7, 11) is 0. The Bertz CT molecular complexity index is 490. The Balaban J connectivity index is 2.08. The van der Waals surface area contributed by atoms with E-state index in [0.717, 1.165) is 19.3 Å². The van der Waals surface area contributed by atoms with Gasteiger partial charge in [-0.2, -0.15) is 0 Å². The highest BCUT2D eigenvalue weighted by Gasteiger charge is 2.28. The van der Waals surface area contributed by atoms with Gasteiger partial charge in [0.2, 0.25) is 0 Å². The molecule has 0 bridgehead atoms. The number of likely N-dealkylation sites (tertiary alicyclic amines) is 1. The number of amides is 1. The predicted octanol–water partition coefficient (Wildman–Crippen LogP) is 2.59. The molecule has 0 radical (unpaired) electrons. The minimum absolute atomic E-state index is 0.00942. The van der Waals surface area contributed by atoms with Crippen molar-refractivity contribution in [1.29, 1.82) is 0 Å². The standard InChI is InChI=1S/C14H17ClN2O3/c15-10-4-6-12(16-9-10)14(20)17-8-2-1-3-11(17)5-7-13(18)19/h4,6,9,11H,1-3,5,7-8H2,(H,18,19)/t11-/m1/s1. The van der Waals surface area contributed by atoms with Gasteiger partial charge in [0.15, 0.2) is 0 Å². The van der Waals surface area contributed by atoms with Crippen LogP contribution in [0, 0.1) is 0 Å². The molecule has 1 saturated heterocycles. The maximum Gasteiger partial charge on any atom is 0.303 e. The highest BCUT2D eigenvalue weighted by atomic mass is 35.5. The zero-order chi connectivity index (χ0) is 14.5. The van der Waals surface area contributed by atoms with Crippen LogP contribution in [0.4, 0.5) is 0 Å². The lowest BCUT2D eigenvalue weighted by Gasteiger charge is -2.35. The van der Waals surface area contributed by atoms with Gasteiger partial charge in [0.05, 0.1) is 5.02 Å². The predicted molar refractivity (Wildman–Crippen MR) is 74.8 cm³/mol. The lowest BCUT2D eigenvalue weighted by Crippen LogP contribution is -2.44. The van der Waals surface area contributed by atoms with Crippen LogP contribution in [0.25, 0.3) is 0 Å². The summed E-state index contributed by atoms with van der Waals surface area (Å²) in [5.41, 5.74) is 0.358. The summed E-state index contributed by atoms with van der Waals surface area (Å²) in [6.07, 6.45) is 4.86. The number of rotatable bonds is 4. The molecule has 1 N–H and O–H groups in total. The molecule has 0 saturated carbocycles. The summed E-state index contributed by atoms with van der Waals surface area (Å²) in [5.74, 6) is -0.968. The molecule has 0 unspecified atom stereocenters. The molecular formula is C14H17ClN2O3. The van der Waals surface area contributed by atoms with Crippen LogP contribution in [0.5, 0.6) is 0 Å². The molecule has 6 heteroatoms. The summed E-state index contributed by atoms with van der Waals surface area (Å²) >= 11 is 5.76. The van der Waals surface area contributed by atoms with Crippen molar-refractivity contribution in [1.82, 2.24) is 9.88 Å². The molecule has 108 valence electrons. The van der Waals surface area contributed by atoms with Gasteiger partial charge < -0.3 is 10.0 Å². The maximum atomic E-state index is 12.4. The molecule has 1 aliphatic rings. The first-order valence-corrected chi connectivity index (χ1v) is 7.10. The number of carbonyl (C=O) groups excluding carboxylic acids is 1. The minimum atomic E-state index is -0.826.